The van der Waals surface area contributed by atoms with Crippen molar-refractivity contribution >= 4 is 63.0 Å². The van der Waals surface area contributed by atoms with Crippen LogP contribution in [0, 0.1) is 16.3 Å². The zero-order valence-corrected chi connectivity index (χ0v) is 22.2. The van der Waals surface area contributed by atoms with E-state index in [4.69, 9.17) is 0 Å². The Hall–Kier alpha value is -3.41. The van der Waals surface area contributed by atoms with Crippen LogP contribution in [-0.4, -0.2) is 34.0 Å². The first-order valence-corrected chi connectivity index (χ1v) is 12.7. The molecule has 2 amide bonds. The van der Waals surface area contributed by atoms with Crippen LogP contribution in [0.1, 0.15) is 35.7 Å². The molecule has 186 valence electrons. The van der Waals surface area contributed by atoms with Crippen LogP contribution in [0.3, 0.4) is 0 Å². The summed E-state index contributed by atoms with van der Waals surface area (Å²) in [5, 5.41) is 5.82. The molecule has 1 aliphatic heterocycles. The van der Waals surface area contributed by atoms with Gasteiger partial charge in [-0.25, -0.2) is 4.39 Å². The third-order valence-electron chi connectivity index (χ3n) is 6.48. The summed E-state index contributed by atoms with van der Waals surface area (Å²) in [4.78, 5) is 42.5. The summed E-state index contributed by atoms with van der Waals surface area (Å²) in [6.07, 6.45) is 1.81. The van der Waals surface area contributed by atoms with Gasteiger partial charge < -0.3 is 20.4 Å². The highest BCUT2D eigenvalue weighted by molar-refractivity contribution is 14.1. The second-order valence-corrected chi connectivity index (χ2v) is 10.4. The Morgan fingerprint density at radius 2 is 1.89 bits per heavy atom. The normalized spacial score (nSPS) is 15.1. The van der Waals surface area contributed by atoms with Crippen LogP contribution in [0.5, 0.6) is 0 Å². The van der Waals surface area contributed by atoms with E-state index in [1.165, 1.54) is 17.6 Å². The first kappa shape index (κ1) is 24.3. The molecule has 8 nitrogen and oxygen atoms in total. The number of rotatable bonds is 5. The lowest BCUT2D eigenvalue weighted by Crippen LogP contribution is -2.48. The van der Waals surface area contributed by atoms with E-state index in [2.05, 4.69) is 10.6 Å². The molecule has 2 aromatic carbocycles. The number of aromatic nitrogens is 1. The van der Waals surface area contributed by atoms with E-state index >= 15 is 0 Å². The second-order valence-electron chi connectivity index (χ2n) is 9.12. The standard InChI is InChI=1S/C26H25FIN5O3/c1-14-23-22(24(31(3)25(14)35)30-21-10-7-16(28)11-20(21)27)26(36)33(18-8-9-18)13-32(23)19-6-4-5-17(12-19)29-15(2)34/h4-7,10-12,18,30H,8-9,13H2,1-3H3,(H,29,34). The van der Waals surface area contributed by atoms with Gasteiger partial charge in [-0.05, 0) is 78.8 Å². The number of carbonyl (C=O) groups excluding carboxylic acids is 2. The minimum Gasteiger partial charge on any atom is -0.338 e. The lowest BCUT2D eigenvalue weighted by atomic mass is 10.0. The lowest BCUT2D eigenvalue weighted by molar-refractivity contribution is -0.114. The predicted octanol–water partition coefficient (Wildman–Crippen LogP) is 4.85. The summed E-state index contributed by atoms with van der Waals surface area (Å²) in [6.45, 7) is 3.40. The van der Waals surface area contributed by atoms with E-state index in [0.29, 0.717) is 22.5 Å². The second kappa shape index (κ2) is 9.23. The van der Waals surface area contributed by atoms with Crippen molar-refractivity contribution in [2.45, 2.75) is 32.7 Å². The molecule has 0 unspecified atom stereocenters. The van der Waals surface area contributed by atoms with Gasteiger partial charge in [-0.3, -0.25) is 19.0 Å². The summed E-state index contributed by atoms with van der Waals surface area (Å²) in [5.74, 6) is -0.643. The number of halogens is 2. The molecule has 0 radical (unpaired) electrons. The van der Waals surface area contributed by atoms with Crippen LogP contribution >= 0.6 is 22.6 Å². The van der Waals surface area contributed by atoms with Gasteiger partial charge in [0.05, 0.1) is 18.0 Å². The monoisotopic (exact) mass is 601 g/mol. The average Bonchev–Trinajstić information content (AvgIpc) is 3.67. The Kier molecular flexibility index (Phi) is 6.23. The van der Waals surface area contributed by atoms with E-state index in [1.54, 1.807) is 37.1 Å². The minimum atomic E-state index is -0.481. The van der Waals surface area contributed by atoms with Crippen molar-refractivity contribution in [1.29, 1.82) is 0 Å². The number of carbonyl (C=O) groups is 2. The van der Waals surface area contributed by atoms with Crippen molar-refractivity contribution in [3.05, 3.63) is 73.3 Å². The molecule has 0 saturated heterocycles. The summed E-state index contributed by atoms with van der Waals surface area (Å²) < 4.78 is 16.9. The van der Waals surface area contributed by atoms with Crippen molar-refractivity contribution in [3.63, 3.8) is 0 Å². The first-order chi connectivity index (χ1) is 17.2. The molecular weight excluding hydrogens is 576 g/mol. The summed E-state index contributed by atoms with van der Waals surface area (Å²) >= 11 is 2.03. The van der Waals surface area contributed by atoms with Crippen LogP contribution in [0.15, 0.2) is 47.3 Å². The third kappa shape index (κ3) is 4.34. The third-order valence-corrected chi connectivity index (χ3v) is 7.15. The van der Waals surface area contributed by atoms with Crippen LogP contribution in [-0.2, 0) is 11.8 Å². The fraction of sp³-hybridized carbons (Fsp3) is 0.269. The quantitative estimate of drug-likeness (QED) is 0.409. The number of amides is 2. The minimum absolute atomic E-state index is 0.104. The van der Waals surface area contributed by atoms with Crippen molar-refractivity contribution in [3.8, 4) is 0 Å². The zero-order chi connectivity index (χ0) is 25.7. The molecular formula is C26H25FIN5O3. The van der Waals surface area contributed by atoms with Gasteiger partial charge in [0.1, 0.15) is 17.2 Å². The van der Waals surface area contributed by atoms with Crippen molar-refractivity contribution in [2.24, 2.45) is 7.05 Å². The maximum Gasteiger partial charge on any atom is 0.261 e. The fourth-order valence-corrected chi connectivity index (χ4v) is 5.04. The average molecular weight is 601 g/mol. The van der Waals surface area contributed by atoms with E-state index in [0.717, 1.165) is 22.1 Å². The van der Waals surface area contributed by atoms with Gasteiger partial charge in [0.25, 0.3) is 11.5 Å². The fourth-order valence-electron chi connectivity index (χ4n) is 4.59. The van der Waals surface area contributed by atoms with Gasteiger partial charge in [-0.15, -0.1) is 0 Å². The maximum absolute atomic E-state index is 14.8. The molecule has 5 rings (SSSR count). The van der Waals surface area contributed by atoms with E-state index in [9.17, 15) is 18.8 Å². The van der Waals surface area contributed by atoms with Crippen molar-refractivity contribution in [2.75, 3.05) is 22.2 Å². The summed E-state index contributed by atoms with van der Waals surface area (Å²) in [7, 11) is 1.58. The Morgan fingerprint density at radius 1 is 1.14 bits per heavy atom. The number of pyridine rings is 1. The van der Waals surface area contributed by atoms with Crippen LogP contribution in [0.25, 0.3) is 0 Å². The molecule has 1 saturated carbocycles. The molecule has 36 heavy (non-hydrogen) atoms. The molecule has 0 atom stereocenters. The van der Waals surface area contributed by atoms with Crippen LogP contribution in [0.2, 0.25) is 0 Å². The number of nitrogens with one attached hydrogen (secondary N) is 2. The molecule has 2 aliphatic rings. The molecule has 0 spiro atoms. The van der Waals surface area contributed by atoms with Crippen LogP contribution in [0.4, 0.5) is 33.0 Å². The molecule has 1 fully saturated rings. The van der Waals surface area contributed by atoms with Gasteiger partial charge in [-0.2, -0.15) is 0 Å². The Labute approximate surface area is 221 Å². The van der Waals surface area contributed by atoms with E-state index in [-0.39, 0.29) is 41.6 Å². The van der Waals surface area contributed by atoms with Crippen molar-refractivity contribution in [1.82, 2.24) is 9.47 Å². The van der Waals surface area contributed by atoms with Gasteiger partial charge in [0.2, 0.25) is 5.91 Å². The summed E-state index contributed by atoms with van der Waals surface area (Å²) in [6, 6.07) is 12.1. The number of anilines is 5. The number of hydrogen-bond donors (Lipinski definition) is 2. The predicted molar refractivity (Wildman–Crippen MR) is 146 cm³/mol. The molecule has 1 aliphatic carbocycles. The number of benzene rings is 2. The maximum atomic E-state index is 14.8. The van der Waals surface area contributed by atoms with Gasteiger partial charge in [-0.1, -0.05) is 6.07 Å². The van der Waals surface area contributed by atoms with Crippen molar-refractivity contribution < 1.29 is 14.0 Å². The van der Waals surface area contributed by atoms with Gasteiger partial charge in [0, 0.05) is 40.5 Å². The number of hydrogen-bond acceptors (Lipinski definition) is 5. The molecule has 1 aromatic heterocycles. The Bertz CT molecular complexity index is 1470. The Balaban J connectivity index is 1.72. The van der Waals surface area contributed by atoms with Crippen LogP contribution < -0.4 is 21.1 Å². The molecule has 10 heteroatoms. The summed E-state index contributed by atoms with van der Waals surface area (Å²) in [5.41, 5.74) is 2.42. The molecule has 2 heterocycles. The highest BCUT2D eigenvalue weighted by Crippen LogP contribution is 2.43. The Morgan fingerprint density at radius 3 is 2.56 bits per heavy atom. The smallest absolute Gasteiger partial charge is 0.261 e. The zero-order valence-electron chi connectivity index (χ0n) is 20.1. The topological polar surface area (TPSA) is 86.7 Å². The first-order valence-electron chi connectivity index (χ1n) is 11.6. The number of fused-ring (bicyclic) bond motifs is 1. The molecule has 2 N–H and O–H groups in total. The van der Waals surface area contributed by atoms with E-state index in [1.807, 2.05) is 45.7 Å². The largest absolute Gasteiger partial charge is 0.338 e. The SMILES string of the molecule is CC(=O)Nc1cccc(N2CN(C3CC3)C(=O)c3c2c(C)c(=O)n(C)c3Nc2ccc(I)cc2F)c1. The van der Waals surface area contributed by atoms with Gasteiger partial charge >= 0.3 is 0 Å². The molecule has 0 bridgehead atoms. The van der Waals surface area contributed by atoms with E-state index < -0.39 is 5.82 Å². The highest BCUT2D eigenvalue weighted by Gasteiger charge is 2.42. The number of nitrogens with zero attached hydrogens (tertiary/aromatic N) is 3. The lowest BCUT2D eigenvalue weighted by Gasteiger charge is -2.40. The van der Waals surface area contributed by atoms with Gasteiger partial charge in [0.15, 0.2) is 0 Å². The molecule has 3 aromatic rings. The highest BCUT2D eigenvalue weighted by atomic mass is 127.